The number of ether oxygens (including phenoxy) is 1. The Bertz CT molecular complexity index is 358. The van der Waals surface area contributed by atoms with Gasteiger partial charge in [-0.25, -0.2) is 4.79 Å². The van der Waals surface area contributed by atoms with E-state index < -0.39 is 0 Å². The molecule has 1 rings (SSSR count). The number of carbonyl (C=O) groups is 1. The van der Waals surface area contributed by atoms with Crippen LogP contribution in [0.25, 0.3) is 0 Å². The average molecular weight is 241 g/mol. The average Bonchev–Trinajstić information content (AvgIpc) is 2.70. The first-order valence-electron chi connectivity index (χ1n) is 4.41. The van der Waals surface area contributed by atoms with Crippen molar-refractivity contribution in [1.82, 2.24) is 4.57 Å². The summed E-state index contributed by atoms with van der Waals surface area (Å²) < 4.78 is 7.19. The number of carbonyl (C=O) groups excluding carboxylic acids is 1. The Labute approximate surface area is 98.1 Å². The van der Waals surface area contributed by atoms with Crippen molar-refractivity contribution in [3.63, 3.8) is 0 Å². The Balaban J connectivity index is 2.37. The first kappa shape index (κ1) is 12.0. The fourth-order valence-corrected chi connectivity index (χ4v) is 1.68. The Hall–Kier alpha value is -1.07. The lowest BCUT2D eigenvalue weighted by molar-refractivity contribution is -0.137. The molecular weight excluding hydrogens is 230 g/mol. The monoisotopic (exact) mass is 241 g/mol. The summed E-state index contributed by atoms with van der Waals surface area (Å²) in [6, 6.07) is 3.78. The van der Waals surface area contributed by atoms with E-state index in [1.807, 2.05) is 24.5 Å². The fourth-order valence-electron chi connectivity index (χ4n) is 0.855. The lowest BCUT2D eigenvalue weighted by atomic mass is 10.6. The predicted molar refractivity (Wildman–Crippen MR) is 65.8 cm³/mol. The lowest BCUT2D eigenvalue weighted by Gasteiger charge is -1.99. The summed E-state index contributed by atoms with van der Waals surface area (Å²) in [6.07, 6.45) is 5.07. The normalized spacial score (nSPS) is 10.5. The van der Waals surface area contributed by atoms with Crippen LogP contribution >= 0.6 is 24.0 Å². The van der Waals surface area contributed by atoms with Gasteiger partial charge < -0.3 is 9.30 Å². The molecule has 1 heterocycles. The van der Waals surface area contributed by atoms with Crippen molar-refractivity contribution >= 4 is 34.3 Å². The number of thioether (sulfide) groups is 1. The molecule has 0 N–H and O–H groups in total. The first-order valence-corrected chi connectivity index (χ1v) is 5.70. The number of nitrogens with zero attached hydrogens (tertiary/aromatic N) is 1. The number of rotatable bonds is 3. The molecule has 0 saturated heterocycles. The van der Waals surface area contributed by atoms with E-state index in [9.17, 15) is 4.79 Å². The highest BCUT2D eigenvalue weighted by molar-refractivity contribution is 8.24. The minimum atomic E-state index is -0.347. The number of thiocarbonyl (C=S) groups is 1. The van der Waals surface area contributed by atoms with E-state index in [0.717, 1.165) is 0 Å². The maximum absolute atomic E-state index is 10.9. The molecule has 3 nitrogen and oxygen atoms in total. The summed E-state index contributed by atoms with van der Waals surface area (Å²) in [5.41, 5.74) is 0. The summed E-state index contributed by atoms with van der Waals surface area (Å²) >= 11 is 6.41. The lowest BCUT2D eigenvalue weighted by Crippen LogP contribution is -2.01. The molecule has 15 heavy (non-hydrogen) atoms. The molecule has 0 aliphatic rings. The van der Waals surface area contributed by atoms with Crippen molar-refractivity contribution in [2.75, 3.05) is 6.61 Å². The van der Waals surface area contributed by atoms with Crippen LogP contribution in [0.4, 0.5) is 0 Å². The Morgan fingerprint density at radius 1 is 1.53 bits per heavy atom. The molecule has 0 radical (unpaired) electrons. The van der Waals surface area contributed by atoms with Crippen LogP contribution in [0.3, 0.4) is 0 Å². The van der Waals surface area contributed by atoms with Gasteiger partial charge in [-0.3, -0.25) is 0 Å². The van der Waals surface area contributed by atoms with Gasteiger partial charge in [-0.1, -0.05) is 24.0 Å². The molecule has 0 saturated carbocycles. The van der Waals surface area contributed by atoms with Crippen LogP contribution in [0, 0.1) is 0 Å². The van der Waals surface area contributed by atoms with Crippen LogP contribution in [-0.2, 0) is 9.53 Å². The van der Waals surface area contributed by atoms with Crippen molar-refractivity contribution in [3.8, 4) is 0 Å². The minimum Gasteiger partial charge on any atom is -0.463 e. The number of hydrogen-bond donors (Lipinski definition) is 0. The molecule has 80 valence electrons. The molecule has 0 aliphatic carbocycles. The van der Waals surface area contributed by atoms with E-state index >= 15 is 0 Å². The Morgan fingerprint density at radius 3 is 2.80 bits per heavy atom. The van der Waals surface area contributed by atoms with Crippen molar-refractivity contribution in [3.05, 3.63) is 36.0 Å². The quantitative estimate of drug-likeness (QED) is 0.462. The zero-order valence-corrected chi connectivity index (χ0v) is 9.88. The zero-order chi connectivity index (χ0) is 11.1. The zero-order valence-electron chi connectivity index (χ0n) is 8.25. The highest BCUT2D eigenvalue weighted by atomic mass is 32.2. The molecule has 0 atom stereocenters. The first-order chi connectivity index (χ1) is 7.24. The molecule has 0 spiro atoms. The molecule has 5 heteroatoms. The second-order valence-corrected chi connectivity index (χ2v) is 4.07. The largest absolute Gasteiger partial charge is 0.463 e. The maximum Gasteiger partial charge on any atom is 0.331 e. The van der Waals surface area contributed by atoms with Crippen LogP contribution in [0.5, 0.6) is 0 Å². The van der Waals surface area contributed by atoms with Crippen LogP contribution in [0.15, 0.2) is 36.0 Å². The van der Waals surface area contributed by atoms with E-state index in [-0.39, 0.29) is 5.97 Å². The maximum atomic E-state index is 10.9. The van der Waals surface area contributed by atoms with Gasteiger partial charge in [0.15, 0.2) is 0 Å². The Morgan fingerprint density at radius 2 is 2.20 bits per heavy atom. The molecule has 0 aliphatic heterocycles. The van der Waals surface area contributed by atoms with E-state index in [1.165, 1.54) is 17.8 Å². The third kappa shape index (κ3) is 4.31. The number of esters is 1. The third-order valence-corrected chi connectivity index (χ3v) is 2.66. The van der Waals surface area contributed by atoms with Crippen molar-refractivity contribution in [2.24, 2.45) is 0 Å². The predicted octanol–water partition coefficient (Wildman–Crippen LogP) is 2.43. The standard InChI is InChI=1S/C10H11NO2S2/c1-2-13-9(12)5-8-15-10(14)11-6-3-4-7-11/h3-8H,2H2,1H3/b8-5-. The second-order valence-electron chi connectivity index (χ2n) is 2.53. The molecule has 0 amide bonds. The summed E-state index contributed by atoms with van der Waals surface area (Å²) in [5.74, 6) is -0.347. The van der Waals surface area contributed by atoms with Crippen molar-refractivity contribution in [1.29, 1.82) is 0 Å². The van der Waals surface area contributed by atoms with Gasteiger partial charge in [0, 0.05) is 18.5 Å². The third-order valence-electron chi connectivity index (χ3n) is 1.47. The fraction of sp³-hybridized carbons (Fsp3) is 0.200. The van der Waals surface area contributed by atoms with Gasteiger partial charge in [0.25, 0.3) is 0 Å². The summed E-state index contributed by atoms with van der Waals surface area (Å²) in [5, 5.41) is 1.63. The van der Waals surface area contributed by atoms with Crippen molar-refractivity contribution < 1.29 is 9.53 Å². The highest BCUT2D eigenvalue weighted by Gasteiger charge is 1.97. The van der Waals surface area contributed by atoms with Gasteiger partial charge in [-0.05, 0) is 24.5 Å². The summed E-state index contributed by atoms with van der Waals surface area (Å²) in [6.45, 7) is 2.15. The topological polar surface area (TPSA) is 31.2 Å². The van der Waals surface area contributed by atoms with E-state index in [2.05, 4.69) is 0 Å². The summed E-state index contributed by atoms with van der Waals surface area (Å²) in [4.78, 5) is 10.9. The van der Waals surface area contributed by atoms with Crippen LogP contribution < -0.4 is 0 Å². The van der Waals surface area contributed by atoms with Gasteiger partial charge in [-0.15, -0.1) is 0 Å². The van der Waals surface area contributed by atoms with Gasteiger partial charge in [-0.2, -0.15) is 0 Å². The molecular formula is C10H11NO2S2. The van der Waals surface area contributed by atoms with E-state index in [4.69, 9.17) is 17.0 Å². The van der Waals surface area contributed by atoms with Crippen molar-refractivity contribution in [2.45, 2.75) is 6.92 Å². The molecule has 0 aromatic carbocycles. The molecule has 1 aromatic rings. The van der Waals surface area contributed by atoms with E-state index in [1.54, 1.807) is 16.9 Å². The second kappa shape index (κ2) is 6.42. The molecule has 1 aromatic heterocycles. The molecule has 0 unspecified atom stereocenters. The van der Waals surface area contributed by atoms with Gasteiger partial charge in [0.05, 0.1) is 6.61 Å². The molecule has 0 bridgehead atoms. The van der Waals surface area contributed by atoms with Gasteiger partial charge in [0.1, 0.15) is 4.32 Å². The minimum absolute atomic E-state index is 0.347. The van der Waals surface area contributed by atoms with E-state index in [0.29, 0.717) is 10.9 Å². The van der Waals surface area contributed by atoms with Gasteiger partial charge in [0.2, 0.25) is 0 Å². The van der Waals surface area contributed by atoms with Crippen LogP contribution in [0.1, 0.15) is 6.92 Å². The highest BCUT2D eigenvalue weighted by Crippen LogP contribution is 2.09. The van der Waals surface area contributed by atoms with Crippen LogP contribution in [-0.4, -0.2) is 21.5 Å². The van der Waals surface area contributed by atoms with Crippen LogP contribution in [0.2, 0.25) is 0 Å². The molecule has 0 fully saturated rings. The number of hydrogen-bond acceptors (Lipinski definition) is 4. The SMILES string of the molecule is CCOC(=O)/C=C\SC(=S)n1cccc1. The Kier molecular flexibility index (Phi) is 5.14. The smallest absolute Gasteiger partial charge is 0.331 e. The summed E-state index contributed by atoms with van der Waals surface area (Å²) in [7, 11) is 0. The number of aromatic nitrogens is 1. The van der Waals surface area contributed by atoms with Gasteiger partial charge >= 0.3 is 5.97 Å².